The molecular formula is C16H20FNO. The summed E-state index contributed by atoms with van der Waals surface area (Å²) in [6.45, 7) is 2.08. The molecule has 0 aliphatic heterocycles. The van der Waals surface area contributed by atoms with Gasteiger partial charge in [-0.2, -0.15) is 0 Å². The summed E-state index contributed by atoms with van der Waals surface area (Å²) in [5, 5.41) is 3.14. The molecule has 0 aromatic heterocycles. The number of carbonyl (C=O) groups excluding carboxylic acids is 1. The lowest BCUT2D eigenvalue weighted by molar-refractivity contribution is -0.130. The molecule has 1 amide bonds. The van der Waals surface area contributed by atoms with Crippen LogP contribution in [0.1, 0.15) is 44.6 Å². The second kappa shape index (κ2) is 4.62. The minimum atomic E-state index is -0.481. The van der Waals surface area contributed by atoms with Crippen LogP contribution in [0, 0.1) is 11.7 Å². The van der Waals surface area contributed by atoms with Gasteiger partial charge in [0.25, 0.3) is 0 Å². The van der Waals surface area contributed by atoms with Crippen LogP contribution in [-0.2, 0) is 10.2 Å². The second-order valence-corrected chi connectivity index (χ2v) is 6.05. The van der Waals surface area contributed by atoms with Gasteiger partial charge in [-0.15, -0.1) is 0 Å². The zero-order chi connectivity index (χ0) is 13.5. The fraction of sp³-hybridized carbons (Fsp3) is 0.562. The SMILES string of the molecule is CC(NC(=O)C1(c2cccc(F)c2)CCC1)C1CC1. The average molecular weight is 261 g/mol. The lowest BCUT2D eigenvalue weighted by atomic mass is 9.63. The molecule has 3 rings (SSSR count). The molecule has 1 unspecified atom stereocenters. The number of amides is 1. The Kier molecular flexibility index (Phi) is 3.08. The number of benzene rings is 1. The summed E-state index contributed by atoms with van der Waals surface area (Å²) in [6, 6.07) is 6.77. The summed E-state index contributed by atoms with van der Waals surface area (Å²) in [5.74, 6) is 0.476. The number of hydrogen-bond donors (Lipinski definition) is 1. The highest BCUT2D eigenvalue weighted by molar-refractivity contribution is 5.89. The van der Waals surface area contributed by atoms with E-state index in [4.69, 9.17) is 0 Å². The van der Waals surface area contributed by atoms with E-state index in [2.05, 4.69) is 12.2 Å². The van der Waals surface area contributed by atoms with E-state index in [1.165, 1.54) is 25.0 Å². The van der Waals surface area contributed by atoms with Gasteiger partial charge in [-0.1, -0.05) is 18.6 Å². The molecule has 0 saturated heterocycles. The number of hydrogen-bond acceptors (Lipinski definition) is 1. The maximum atomic E-state index is 13.4. The van der Waals surface area contributed by atoms with Crippen LogP contribution >= 0.6 is 0 Å². The molecule has 1 N–H and O–H groups in total. The number of halogens is 1. The van der Waals surface area contributed by atoms with E-state index in [0.29, 0.717) is 5.92 Å². The molecule has 2 saturated carbocycles. The smallest absolute Gasteiger partial charge is 0.230 e. The number of rotatable bonds is 4. The molecule has 1 aromatic rings. The summed E-state index contributed by atoms with van der Waals surface area (Å²) in [7, 11) is 0. The van der Waals surface area contributed by atoms with Crippen molar-refractivity contribution in [2.75, 3.05) is 0 Å². The highest BCUT2D eigenvalue weighted by atomic mass is 19.1. The van der Waals surface area contributed by atoms with Crippen LogP contribution in [0.15, 0.2) is 24.3 Å². The van der Waals surface area contributed by atoms with Gasteiger partial charge in [0, 0.05) is 6.04 Å². The van der Waals surface area contributed by atoms with E-state index in [1.54, 1.807) is 6.07 Å². The van der Waals surface area contributed by atoms with Crippen molar-refractivity contribution in [3.8, 4) is 0 Å². The summed E-state index contributed by atoms with van der Waals surface area (Å²) in [5.41, 5.74) is 0.352. The quantitative estimate of drug-likeness (QED) is 0.886. The van der Waals surface area contributed by atoms with Crippen molar-refractivity contribution in [3.05, 3.63) is 35.6 Å². The largest absolute Gasteiger partial charge is 0.353 e. The predicted octanol–water partition coefficient (Wildman–Crippen LogP) is 3.16. The van der Waals surface area contributed by atoms with Crippen molar-refractivity contribution in [1.29, 1.82) is 0 Å². The molecule has 102 valence electrons. The zero-order valence-corrected chi connectivity index (χ0v) is 11.3. The second-order valence-electron chi connectivity index (χ2n) is 6.05. The third-order valence-corrected chi connectivity index (χ3v) is 4.71. The van der Waals surface area contributed by atoms with Gasteiger partial charge >= 0.3 is 0 Å². The monoisotopic (exact) mass is 261 g/mol. The van der Waals surface area contributed by atoms with Gasteiger partial charge in [-0.3, -0.25) is 4.79 Å². The van der Waals surface area contributed by atoms with Crippen LogP contribution in [0.25, 0.3) is 0 Å². The third kappa shape index (κ3) is 2.26. The van der Waals surface area contributed by atoms with E-state index >= 15 is 0 Å². The normalized spacial score (nSPS) is 22.4. The Morgan fingerprint density at radius 2 is 2.16 bits per heavy atom. The Balaban J connectivity index is 1.80. The van der Waals surface area contributed by atoms with Gasteiger partial charge in [0.1, 0.15) is 5.82 Å². The Hall–Kier alpha value is -1.38. The first-order valence-corrected chi connectivity index (χ1v) is 7.19. The van der Waals surface area contributed by atoms with Crippen molar-refractivity contribution in [1.82, 2.24) is 5.32 Å². The van der Waals surface area contributed by atoms with E-state index < -0.39 is 5.41 Å². The summed E-state index contributed by atoms with van der Waals surface area (Å²) >= 11 is 0. The summed E-state index contributed by atoms with van der Waals surface area (Å²) in [6.07, 6.45) is 5.14. The maximum Gasteiger partial charge on any atom is 0.230 e. The van der Waals surface area contributed by atoms with Gasteiger partial charge in [0.2, 0.25) is 5.91 Å². The summed E-state index contributed by atoms with van der Waals surface area (Å²) in [4.78, 5) is 12.6. The van der Waals surface area contributed by atoms with E-state index in [1.807, 2.05) is 6.07 Å². The molecule has 19 heavy (non-hydrogen) atoms. The summed E-state index contributed by atoms with van der Waals surface area (Å²) < 4.78 is 13.4. The van der Waals surface area contributed by atoms with Gasteiger partial charge in [0.15, 0.2) is 0 Å². The van der Waals surface area contributed by atoms with E-state index in [-0.39, 0.29) is 17.8 Å². The zero-order valence-electron chi connectivity index (χ0n) is 11.3. The lowest BCUT2D eigenvalue weighted by Crippen LogP contribution is -2.51. The lowest BCUT2D eigenvalue weighted by Gasteiger charge is -2.41. The predicted molar refractivity (Wildman–Crippen MR) is 72.3 cm³/mol. The fourth-order valence-electron chi connectivity index (χ4n) is 3.02. The van der Waals surface area contributed by atoms with Crippen LogP contribution in [0.5, 0.6) is 0 Å². The van der Waals surface area contributed by atoms with Crippen LogP contribution in [0.3, 0.4) is 0 Å². The van der Waals surface area contributed by atoms with Crippen molar-refractivity contribution in [2.45, 2.75) is 50.5 Å². The van der Waals surface area contributed by atoms with Crippen LogP contribution in [0.4, 0.5) is 4.39 Å². The maximum absolute atomic E-state index is 13.4. The van der Waals surface area contributed by atoms with E-state index in [0.717, 1.165) is 24.8 Å². The minimum Gasteiger partial charge on any atom is -0.353 e. The first-order chi connectivity index (χ1) is 9.12. The van der Waals surface area contributed by atoms with Crippen molar-refractivity contribution >= 4 is 5.91 Å². The first-order valence-electron chi connectivity index (χ1n) is 7.19. The van der Waals surface area contributed by atoms with E-state index in [9.17, 15) is 9.18 Å². The van der Waals surface area contributed by atoms with Gasteiger partial charge in [-0.05, 0) is 56.2 Å². The highest BCUT2D eigenvalue weighted by Crippen LogP contribution is 2.44. The molecule has 2 aliphatic carbocycles. The van der Waals surface area contributed by atoms with Crippen LogP contribution in [-0.4, -0.2) is 11.9 Å². The van der Waals surface area contributed by atoms with Gasteiger partial charge < -0.3 is 5.32 Å². The Morgan fingerprint density at radius 1 is 1.42 bits per heavy atom. The number of nitrogens with one attached hydrogen (secondary N) is 1. The molecule has 2 aliphatic rings. The molecule has 3 heteroatoms. The standard InChI is InChI=1S/C16H20FNO/c1-11(12-6-7-12)18-15(19)16(8-3-9-16)13-4-2-5-14(17)10-13/h2,4-5,10-12H,3,6-9H2,1H3,(H,18,19). The van der Waals surface area contributed by atoms with Crippen molar-refractivity contribution in [2.24, 2.45) is 5.92 Å². The molecular weight excluding hydrogens is 241 g/mol. The molecule has 0 bridgehead atoms. The van der Waals surface area contributed by atoms with Crippen molar-refractivity contribution in [3.63, 3.8) is 0 Å². The molecule has 2 nitrogen and oxygen atoms in total. The minimum absolute atomic E-state index is 0.0868. The molecule has 0 radical (unpaired) electrons. The number of carbonyl (C=O) groups is 1. The highest BCUT2D eigenvalue weighted by Gasteiger charge is 2.46. The average Bonchev–Trinajstić information content (AvgIpc) is 3.10. The van der Waals surface area contributed by atoms with Crippen LogP contribution in [0.2, 0.25) is 0 Å². The van der Waals surface area contributed by atoms with Crippen LogP contribution < -0.4 is 5.32 Å². The molecule has 0 spiro atoms. The third-order valence-electron chi connectivity index (χ3n) is 4.71. The molecule has 1 atom stereocenters. The Labute approximate surface area is 113 Å². The Morgan fingerprint density at radius 3 is 2.68 bits per heavy atom. The topological polar surface area (TPSA) is 29.1 Å². The molecule has 1 aromatic carbocycles. The first kappa shape index (κ1) is 12.6. The Bertz CT molecular complexity index is 491. The van der Waals surface area contributed by atoms with Crippen molar-refractivity contribution < 1.29 is 9.18 Å². The molecule has 0 heterocycles. The fourth-order valence-corrected chi connectivity index (χ4v) is 3.02. The van der Waals surface area contributed by atoms with Gasteiger partial charge in [0.05, 0.1) is 5.41 Å². The molecule has 2 fully saturated rings. The van der Waals surface area contributed by atoms with Gasteiger partial charge in [-0.25, -0.2) is 4.39 Å².